The Morgan fingerprint density at radius 3 is 2.04 bits per heavy atom. The van der Waals surface area contributed by atoms with E-state index in [4.69, 9.17) is 14.7 Å². The number of phenolic OH excluding ortho intramolecular Hbond substituents is 1. The van der Waals surface area contributed by atoms with Crippen LogP contribution in [0, 0.1) is 0 Å². The number of nitrogens with two attached hydrogens (primary N) is 2. The van der Waals surface area contributed by atoms with Crippen molar-refractivity contribution in [3.8, 4) is 28.4 Å². The maximum Gasteiger partial charge on any atom is 0.380 e. The van der Waals surface area contributed by atoms with E-state index in [1.54, 1.807) is 0 Å². The van der Waals surface area contributed by atoms with E-state index in [0.717, 1.165) is 18.4 Å². The Morgan fingerprint density at radius 2 is 1.46 bits per heavy atom. The molecular weight excluding hydrogens is 416 g/mol. The Labute approximate surface area is 158 Å². The van der Waals surface area contributed by atoms with Crippen molar-refractivity contribution in [3.05, 3.63) is 52.9 Å². The molecule has 28 heavy (non-hydrogen) atoms. The molecule has 1 heterocycles. The zero-order valence-corrected chi connectivity index (χ0v) is 15.4. The van der Waals surface area contributed by atoms with Crippen LogP contribution < -0.4 is 24.1 Å². The lowest BCUT2D eigenvalue weighted by molar-refractivity contribution is 0.466. The van der Waals surface area contributed by atoms with Gasteiger partial charge in [0.05, 0.1) is 5.56 Å². The molecule has 0 aliphatic heterocycles. The second-order valence-electron chi connectivity index (χ2n) is 5.47. The summed E-state index contributed by atoms with van der Waals surface area (Å²) in [7, 11) is -8.53. The third-order valence-corrected chi connectivity index (χ3v) is 4.27. The highest BCUT2D eigenvalue weighted by Gasteiger charge is 2.16. The fraction of sp³-hybridized carbons (Fsp3) is 0. The Hall–Kier alpha value is -3.13. The molecule has 11 nitrogen and oxygen atoms in total. The summed E-state index contributed by atoms with van der Waals surface area (Å²) in [6, 6.07) is 7.28. The molecule has 5 N–H and O–H groups in total. The quantitative estimate of drug-likeness (QED) is 0.514. The smallest absolute Gasteiger partial charge is 0.380 e. The van der Waals surface area contributed by atoms with Gasteiger partial charge in [0.15, 0.2) is 5.75 Å². The Balaban J connectivity index is 2.06. The average Bonchev–Trinajstić information content (AvgIpc) is 2.52. The molecule has 0 radical (unpaired) electrons. The second-order valence-corrected chi connectivity index (χ2v) is 7.78. The summed E-state index contributed by atoms with van der Waals surface area (Å²) in [5, 5.41) is 19.4. The molecule has 0 saturated carbocycles. The Bertz CT molecular complexity index is 1330. The van der Waals surface area contributed by atoms with Crippen LogP contribution in [0.2, 0.25) is 0 Å². The Kier molecular flexibility index (Phi) is 4.76. The van der Waals surface area contributed by atoms with Gasteiger partial charge in [0.2, 0.25) is 5.43 Å². The summed E-state index contributed by atoms with van der Waals surface area (Å²) in [5.41, 5.74) is -0.380. The third-order valence-electron chi connectivity index (χ3n) is 3.42. The van der Waals surface area contributed by atoms with Crippen LogP contribution in [0.15, 0.2) is 51.9 Å². The van der Waals surface area contributed by atoms with Gasteiger partial charge in [-0.05, 0) is 17.7 Å². The molecule has 0 saturated heterocycles. The monoisotopic (exact) mass is 428 g/mol. The normalized spacial score (nSPS) is 12.1. The molecule has 0 aliphatic carbocycles. The van der Waals surface area contributed by atoms with E-state index in [1.807, 2.05) is 0 Å². The van der Waals surface area contributed by atoms with Crippen LogP contribution in [-0.2, 0) is 20.6 Å². The lowest BCUT2D eigenvalue weighted by Crippen LogP contribution is -2.19. The van der Waals surface area contributed by atoms with Crippen molar-refractivity contribution < 1.29 is 34.7 Å². The van der Waals surface area contributed by atoms with Crippen LogP contribution in [0.4, 0.5) is 0 Å². The van der Waals surface area contributed by atoms with Gasteiger partial charge in [0.1, 0.15) is 28.7 Å². The van der Waals surface area contributed by atoms with Crippen LogP contribution in [0.5, 0.6) is 17.2 Å². The predicted molar refractivity (Wildman–Crippen MR) is 97.1 cm³/mol. The van der Waals surface area contributed by atoms with Gasteiger partial charge in [-0.1, -0.05) is 12.1 Å². The van der Waals surface area contributed by atoms with Crippen LogP contribution >= 0.6 is 0 Å². The summed E-state index contributed by atoms with van der Waals surface area (Å²) in [4.78, 5) is 12.7. The standard InChI is InChI=1S/C15H12N2O9S2/c16-27(20,21)25-9-3-1-8(2-4-9)11-7-24-13-6-10(26-28(17,22)23)5-12(18)14(13)15(11)19/h1-7,18H,(H2,16,20,21)(H2,17,22,23). The average molecular weight is 428 g/mol. The van der Waals surface area contributed by atoms with Crippen molar-refractivity contribution in [2.24, 2.45) is 10.3 Å². The number of phenols is 1. The van der Waals surface area contributed by atoms with Crippen LogP contribution in [0.3, 0.4) is 0 Å². The van der Waals surface area contributed by atoms with Crippen molar-refractivity contribution >= 4 is 31.6 Å². The van der Waals surface area contributed by atoms with E-state index in [-0.39, 0.29) is 28.0 Å². The van der Waals surface area contributed by atoms with Crippen molar-refractivity contribution in [1.29, 1.82) is 0 Å². The minimum Gasteiger partial charge on any atom is -0.507 e. The number of aromatic hydroxyl groups is 1. The first-order chi connectivity index (χ1) is 12.9. The number of fused-ring (bicyclic) bond motifs is 1. The predicted octanol–water partition coefficient (Wildman–Crippen LogP) is 0.330. The maximum absolute atomic E-state index is 12.7. The lowest BCUT2D eigenvalue weighted by Gasteiger charge is -2.08. The summed E-state index contributed by atoms with van der Waals surface area (Å²) in [5.74, 6) is -0.988. The van der Waals surface area contributed by atoms with Gasteiger partial charge < -0.3 is 17.9 Å². The fourth-order valence-corrected chi connectivity index (χ4v) is 3.16. The summed E-state index contributed by atoms with van der Waals surface area (Å²) in [6.07, 6.45) is 1.08. The van der Waals surface area contributed by atoms with Gasteiger partial charge >= 0.3 is 20.6 Å². The summed E-state index contributed by atoms with van der Waals surface area (Å²) < 4.78 is 58.1. The zero-order chi connectivity index (χ0) is 20.7. The van der Waals surface area contributed by atoms with E-state index >= 15 is 0 Å². The highest BCUT2D eigenvalue weighted by atomic mass is 32.2. The van der Waals surface area contributed by atoms with Crippen LogP contribution in [0.25, 0.3) is 22.1 Å². The van der Waals surface area contributed by atoms with Gasteiger partial charge in [-0.15, -0.1) is 0 Å². The van der Waals surface area contributed by atoms with Crippen molar-refractivity contribution in [2.75, 3.05) is 0 Å². The number of benzene rings is 2. The number of rotatable bonds is 5. The van der Waals surface area contributed by atoms with Crippen molar-refractivity contribution in [1.82, 2.24) is 0 Å². The number of hydrogen-bond donors (Lipinski definition) is 3. The molecule has 0 aliphatic rings. The molecule has 3 aromatic rings. The van der Waals surface area contributed by atoms with Gasteiger partial charge in [-0.2, -0.15) is 27.1 Å². The molecule has 148 valence electrons. The summed E-state index contributed by atoms with van der Waals surface area (Å²) in [6.45, 7) is 0. The molecule has 0 bridgehead atoms. The first-order valence-corrected chi connectivity index (χ1v) is 10.2. The highest BCUT2D eigenvalue weighted by molar-refractivity contribution is 7.85. The lowest BCUT2D eigenvalue weighted by atomic mass is 10.0. The van der Waals surface area contributed by atoms with Crippen molar-refractivity contribution in [3.63, 3.8) is 0 Å². The largest absolute Gasteiger partial charge is 0.507 e. The van der Waals surface area contributed by atoms with E-state index in [1.165, 1.54) is 24.3 Å². The molecule has 3 rings (SSSR count). The molecule has 0 fully saturated rings. The maximum atomic E-state index is 12.7. The fourth-order valence-electron chi connectivity index (χ4n) is 2.41. The van der Waals surface area contributed by atoms with Gasteiger partial charge in [-0.3, -0.25) is 4.79 Å². The first kappa shape index (κ1) is 19.6. The minimum atomic E-state index is -4.34. The number of hydrogen-bond acceptors (Lipinski definition) is 9. The van der Waals surface area contributed by atoms with Gasteiger partial charge in [0, 0.05) is 12.1 Å². The van der Waals surface area contributed by atoms with E-state index in [2.05, 4.69) is 8.37 Å². The molecule has 13 heteroatoms. The van der Waals surface area contributed by atoms with E-state index in [0.29, 0.717) is 5.56 Å². The minimum absolute atomic E-state index is 0.0464. The molecule has 2 aromatic carbocycles. The highest BCUT2D eigenvalue weighted by Crippen LogP contribution is 2.31. The second kappa shape index (κ2) is 6.79. The molecular formula is C15H12N2O9S2. The zero-order valence-electron chi connectivity index (χ0n) is 13.7. The SMILES string of the molecule is NS(=O)(=O)Oc1ccc(-c2coc3cc(OS(N)(=O)=O)cc(O)c3c2=O)cc1. The molecule has 0 unspecified atom stereocenters. The van der Waals surface area contributed by atoms with E-state index in [9.17, 15) is 26.7 Å². The summed E-state index contributed by atoms with van der Waals surface area (Å²) >= 11 is 0. The Morgan fingerprint density at radius 1 is 0.893 bits per heavy atom. The van der Waals surface area contributed by atoms with E-state index < -0.39 is 31.8 Å². The van der Waals surface area contributed by atoms with Crippen molar-refractivity contribution in [2.45, 2.75) is 0 Å². The molecule has 0 atom stereocenters. The first-order valence-electron chi connectivity index (χ1n) is 7.26. The molecule has 0 spiro atoms. The third kappa shape index (κ3) is 4.40. The molecule has 1 aromatic heterocycles. The van der Waals surface area contributed by atoms with Crippen LogP contribution in [0.1, 0.15) is 0 Å². The van der Waals surface area contributed by atoms with Gasteiger partial charge in [0.25, 0.3) is 0 Å². The van der Waals surface area contributed by atoms with Gasteiger partial charge in [-0.25, -0.2) is 0 Å². The molecule has 0 amide bonds. The van der Waals surface area contributed by atoms with Crippen LogP contribution in [-0.4, -0.2) is 21.9 Å². The topological polar surface area (TPSA) is 189 Å².